The minimum atomic E-state index is -0.772. The van der Waals surface area contributed by atoms with E-state index in [1.54, 1.807) is 6.92 Å². The van der Waals surface area contributed by atoms with Gasteiger partial charge in [0.2, 0.25) is 0 Å². The zero-order chi connectivity index (χ0) is 11.4. The van der Waals surface area contributed by atoms with E-state index in [1.165, 1.54) is 5.56 Å². The van der Waals surface area contributed by atoms with Crippen LogP contribution in [0, 0.1) is 0 Å². The van der Waals surface area contributed by atoms with Gasteiger partial charge in [-0.05, 0) is 30.4 Å². The Morgan fingerprint density at radius 1 is 1.20 bits per heavy atom. The highest BCUT2D eigenvalue weighted by Crippen LogP contribution is 2.22. The van der Waals surface area contributed by atoms with Crippen molar-refractivity contribution < 1.29 is 9.90 Å². The summed E-state index contributed by atoms with van der Waals surface area (Å²) < 4.78 is 0. The zero-order valence-electron chi connectivity index (χ0n) is 9.53. The highest BCUT2D eigenvalue weighted by atomic mass is 16.4. The number of benzene rings is 1. The molecule has 15 heavy (non-hydrogen) atoms. The van der Waals surface area contributed by atoms with Crippen LogP contribution in [-0.4, -0.2) is 11.1 Å². The number of hydrogen-bond donors (Lipinski definition) is 1. The minimum absolute atomic E-state index is 0.420. The molecule has 0 unspecified atom stereocenters. The van der Waals surface area contributed by atoms with Crippen molar-refractivity contribution in [3.8, 4) is 0 Å². The molecule has 0 aromatic heterocycles. The molecule has 1 N–H and O–H groups in total. The second-order valence-electron chi connectivity index (χ2n) is 4.04. The van der Waals surface area contributed by atoms with Gasteiger partial charge in [0.25, 0.3) is 0 Å². The third-order valence-electron chi connectivity index (χ3n) is 2.99. The molecule has 82 valence electrons. The summed E-state index contributed by atoms with van der Waals surface area (Å²) in [4.78, 5) is 10.8. The van der Waals surface area contributed by atoms with Crippen molar-refractivity contribution in [3.63, 3.8) is 0 Å². The predicted molar refractivity (Wildman–Crippen MR) is 61.2 cm³/mol. The topological polar surface area (TPSA) is 37.3 Å². The molecule has 2 nitrogen and oxygen atoms in total. The van der Waals surface area contributed by atoms with Crippen LogP contribution in [0.2, 0.25) is 0 Å². The molecule has 0 saturated carbocycles. The predicted octanol–water partition coefficient (Wildman–Crippen LogP) is 3.39. The van der Waals surface area contributed by atoms with Crippen LogP contribution in [0.25, 0.3) is 0 Å². The summed E-state index contributed by atoms with van der Waals surface area (Å²) in [7, 11) is 0. The van der Waals surface area contributed by atoms with E-state index in [2.05, 4.69) is 13.8 Å². The molecule has 1 rings (SSSR count). The lowest BCUT2D eigenvalue weighted by molar-refractivity contribution is -0.138. The fourth-order valence-electron chi connectivity index (χ4n) is 1.49. The Hall–Kier alpha value is -1.31. The van der Waals surface area contributed by atoms with Gasteiger partial charge in [0.15, 0.2) is 0 Å². The van der Waals surface area contributed by atoms with Gasteiger partial charge in [-0.1, -0.05) is 38.1 Å². The van der Waals surface area contributed by atoms with Gasteiger partial charge in [-0.3, -0.25) is 4.79 Å². The zero-order valence-corrected chi connectivity index (χ0v) is 9.53. The maximum atomic E-state index is 10.8. The highest BCUT2D eigenvalue weighted by molar-refractivity contribution is 5.75. The smallest absolute Gasteiger partial charge is 0.310 e. The van der Waals surface area contributed by atoms with Gasteiger partial charge in [0.1, 0.15) is 0 Å². The number of carbonyl (C=O) groups is 1. The van der Waals surface area contributed by atoms with E-state index >= 15 is 0 Å². The monoisotopic (exact) mass is 206 g/mol. The molecule has 0 heterocycles. The first kappa shape index (κ1) is 11.8. The molecular formula is C13H18O2. The number of rotatable bonds is 4. The Morgan fingerprint density at radius 3 is 2.07 bits per heavy atom. The molecule has 0 aliphatic heterocycles. The first-order chi connectivity index (χ1) is 7.06. The van der Waals surface area contributed by atoms with Crippen molar-refractivity contribution in [1.82, 2.24) is 0 Å². The molecule has 0 aliphatic rings. The Labute approximate surface area is 90.9 Å². The van der Waals surface area contributed by atoms with Crippen molar-refractivity contribution in [1.29, 1.82) is 0 Å². The SMILES string of the molecule is CC[C@@H](C)c1ccc([C@H](C)C(=O)O)cc1. The molecule has 1 aromatic carbocycles. The van der Waals surface area contributed by atoms with E-state index in [0.29, 0.717) is 5.92 Å². The van der Waals surface area contributed by atoms with E-state index in [0.717, 1.165) is 12.0 Å². The van der Waals surface area contributed by atoms with Gasteiger partial charge in [-0.15, -0.1) is 0 Å². The Morgan fingerprint density at radius 2 is 1.67 bits per heavy atom. The standard InChI is InChI=1S/C13H18O2/c1-4-9(2)11-5-7-12(8-6-11)10(3)13(14)15/h5-10H,4H2,1-3H3,(H,14,15)/t9-,10+/m1/s1. The number of hydrogen-bond acceptors (Lipinski definition) is 1. The second kappa shape index (κ2) is 4.96. The Balaban J connectivity index is 2.85. The summed E-state index contributed by atoms with van der Waals surface area (Å²) in [6, 6.07) is 7.90. The van der Waals surface area contributed by atoms with Crippen molar-refractivity contribution in [2.75, 3.05) is 0 Å². The third-order valence-corrected chi connectivity index (χ3v) is 2.99. The summed E-state index contributed by atoms with van der Waals surface area (Å²) in [6.45, 7) is 6.04. The number of carboxylic acids is 1. The van der Waals surface area contributed by atoms with E-state index < -0.39 is 11.9 Å². The number of carboxylic acid groups (broad SMARTS) is 1. The molecule has 0 aliphatic carbocycles. The van der Waals surface area contributed by atoms with Crippen LogP contribution in [0.15, 0.2) is 24.3 Å². The van der Waals surface area contributed by atoms with Gasteiger partial charge in [0.05, 0.1) is 5.92 Å². The van der Waals surface area contributed by atoms with Crippen LogP contribution in [0.1, 0.15) is 50.2 Å². The first-order valence-electron chi connectivity index (χ1n) is 5.39. The maximum Gasteiger partial charge on any atom is 0.310 e. The second-order valence-corrected chi connectivity index (χ2v) is 4.04. The molecule has 0 amide bonds. The van der Waals surface area contributed by atoms with Gasteiger partial charge >= 0.3 is 5.97 Å². The summed E-state index contributed by atoms with van der Waals surface area (Å²) in [5.74, 6) is -0.651. The maximum absolute atomic E-state index is 10.8. The van der Waals surface area contributed by atoms with Crippen LogP contribution in [0.4, 0.5) is 0 Å². The fraction of sp³-hybridized carbons (Fsp3) is 0.462. The highest BCUT2D eigenvalue weighted by Gasteiger charge is 2.13. The third kappa shape index (κ3) is 2.82. The fourth-order valence-corrected chi connectivity index (χ4v) is 1.49. The summed E-state index contributed by atoms with van der Waals surface area (Å²) in [6.07, 6.45) is 1.10. The molecular weight excluding hydrogens is 188 g/mol. The Bertz CT molecular complexity index is 327. The summed E-state index contributed by atoms with van der Waals surface area (Å²) in [5.41, 5.74) is 2.15. The van der Waals surface area contributed by atoms with E-state index in [1.807, 2.05) is 24.3 Å². The van der Waals surface area contributed by atoms with Gasteiger partial charge in [0, 0.05) is 0 Å². The normalized spacial score (nSPS) is 14.6. The molecule has 0 fully saturated rings. The van der Waals surface area contributed by atoms with E-state index in [4.69, 9.17) is 5.11 Å². The van der Waals surface area contributed by atoms with Gasteiger partial charge in [-0.25, -0.2) is 0 Å². The van der Waals surface area contributed by atoms with Crippen LogP contribution >= 0.6 is 0 Å². The van der Waals surface area contributed by atoms with Crippen molar-refractivity contribution in [2.24, 2.45) is 0 Å². The number of aliphatic carboxylic acids is 1. The lowest BCUT2D eigenvalue weighted by Crippen LogP contribution is -2.07. The largest absolute Gasteiger partial charge is 0.481 e. The molecule has 0 radical (unpaired) electrons. The van der Waals surface area contributed by atoms with E-state index in [-0.39, 0.29) is 0 Å². The first-order valence-corrected chi connectivity index (χ1v) is 5.39. The van der Waals surface area contributed by atoms with Crippen molar-refractivity contribution in [2.45, 2.75) is 39.0 Å². The average molecular weight is 206 g/mol. The van der Waals surface area contributed by atoms with Crippen molar-refractivity contribution in [3.05, 3.63) is 35.4 Å². The van der Waals surface area contributed by atoms with Gasteiger partial charge < -0.3 is 5.11 Å². The van der Waals surface area contributed by atoms with Gasteiger partial charge in [-0.2, -0.15) is 0 Å². The summed E-state index contributed by atoms with van der Waals surface area (Å²) >= 11 is 0. The lowest BCUT2D eigenvalue weighted by Gasteiger charge is -2.11. The van der Waals surface area contributed by atoms with Crippen molar-refractivity contribution >= 4 is 5.97 Å². The summed E-state index contributed by atoms with van der Waals surface area (Å²) in [5, 5.41) is 8.86. The molecule has 2 atom stereocenters. The van der Waals surface area contributed by atoms with Crippen LogP contribution in [0.3, 0.4) is 0 Å². The van der Waals surface area contributed by atoms with Crippen LogP contribution < -0.4 is 0 Å². The minimum Gasteiger partial charge on any atom is -0.481 e. The van der Waals surface area contributed by atoms with Crippen LogP contribution in [0.5, 0.6) is 0 Å². The molecule has 1 aromatic rings. The molecule has 0 spiro atoms. The van der Waals surface area contributed by atoms with Crippen LogP contribution in [-0.2, 0) is 4.79 Å². The average Bonchev–Trinajstić information content (AvgIpc) is 2.27. The lowest BCUT2D eigenvalue weighted by atomic mass is 9.94. The molecule has 0 saturated heterocycles. The van der Waals surface area contributed by atoms with E-state index in [9.17, 15) is 4.79 Å². The molecule has 2 heteroatoms. The Kier molecular flexibility index (Phi) is 3.89. The quantitative estimate of drug-likeness (QED) is 0.819. The molecule has 0 bridgehead atoms.